The molecule has 156 valence electrons. The fraction of sp³-hybridized carbons (Fsp3) is 0.125. The SMILES string of the molecule is CCOC(=O)c1c(-c2ccc(C)cc2)csc1/N=C/c1nc(-c2ccccc2)oc1O. The van der Waals surface area contributed by atoms with Crippen LogP contribution in [0.2, 0.25) is 0 Å². The van der Waals surface area contributed by atoms with E-state index >= 15 is 0 Å². The Hall–Kier alpha value is -3.71. The number of aryl methyl sites for hydroxylation is 1. The van der Waals surface area contributed by atoms with Crippen LogP contribution in [-0.2, 0) is 4.74 Å². The molecule has 6 nitrogen and oxygen atoms in total. The van der Waals surface area contributed by atoms with Crippen LogP contribution in [-0.4, -0.2) is 28.9 Å². The van der Waals surface area contributed by atoms with E-state index in [1.54, 1.807) is 6.92 Å². The Labute approximate surface area is 183 Å². The molecular formula is C24H20N2O4S. The van der Waals surface area contributed by atoms with Gasteiger partial charge in [-0.1, -0.05) is 48.0 Å². The number of hydrogen-bond donors (Lipinski definition) is 1. The summed E-state index contributed by atoms with van der Waals surface area (Å²) < 4.78 is 10.6. The normalized spacial score (nSPS) is 11.2. The van der Waals surface area contributed by atoms with Gasteiger partial charge < -0.3 is 14.3 Å². The number of benzene rings is 2. The van der Waals surface area contributed by atoms with Crippen LogP contribution in [0.5, 0.6) is 5.95 Å². The molecule has 0 amide bonds. The van der Waals surface area contributed by atoms with Crippen molar-refractivity contribution in [3.8, 4) is 28.5 Å². The van der Waals surface area contributed by atoms with E-state index in [0.717, 1.165) is 22.3 Å². The zero-order valence-corrected chi connectivity index (χ0v) is 17.8. The van der Waals surface area contributed by atoms with Crippen molar-refractivity contribution in [2.75, 3.05) is 6.61 Å². The zero-order valence-electron chi connectivity index (χ0n) is 17.0. The van der Waals surface area contributed by atoms with E-state index < -0.39 is 5.97 Å². The van der Waals surface area contributed by atoms with Gasteiger partial charge in [-0.3, -0.25) is 0 Å². The van der Waals surface area contributed by atoms with Crippen molar-refractivity contribution in [1.29, 1.82) is 0 Å². The van der Waals surface area contributed by atoms with Crippen LogP contribution in [0.25, 0.3) is 22.6 Å². The van der Waals surface area contributed by atoms with E-state index in [-0.39, 0.29) is 24.1 Å². The lowest BCUT2D eigenvalue weighted by atomic mass is 10.0. The van der Waals surface area contributed by atoms with E-state index in [1.165, 1.54) is 17.6 Å². The highest BCUT2D eigenvalue weighted by atomic mass is 32.1. The largest absolute Gasteiger partial charge is 0.479 e. The molecular weight excluding hydrogens is 412 g/mol. The predicted molar refractivity (Wildman–Crippen MR) is 121 cm³/mol. The number of thiophene rings is 1. The summed E-state index contributed by atoms with van der Waals surface area (Å²) in [5.41, 5.74) is 4.09. The smallest absolute Gasteiger partial charge is 0.341 e. The van der Waals surface area contributed by atoms with Gasteiger partial charge in [0.1, 0.15) is 10.6 Å². The second-order valence-electron chi connectivity index (χ2n) is 6.75. The molecule has 4 rings (SSSR count). The number of nitrogens with zero attached hydrogens (tertiary/aromatic N) is 2. The van der Waals surface area contributed by atoms with Crippen molar-refractivity contribution >= 4 is 28.5 Å². The maximum atomic E-state index is 12.7. The molecule has 0 saturated heterocycles. The van der Waals surface area contributed by atoms with Crippen molar-refractivity contribution in [1.82, 2.24) is 4.98 Å². The number of ether oxygens (including phenoxy) is 1. The van der Waals surface area contributed by atoms with Gasteiger partial charge in [-0.2, -0.15) is 0 Å². The van der Waals surface area contributed by atoms with Crippen LogP contribution >= 0.6 is 11.3 Å². The monoisotopic (exact) mass is 432 g/mol. The first-order valence-corrected chi connectivity index (χ1v) is 10.6. The number of aliphatic imine (C=N–C) groups is 1. The summed E-state index contributed by atoms with van der Waals surface area (Å²) >= 11 is 1.32. The Balaban J connectivity index is 1.70. The highest BCUT2D eigenvalue weighted by molar-refractivity contribution is 7.14. The number of oxazole rings is 1. The number of hydrogen-bond acceptors (Lipinski definition) is 7. The van der Waals surface area contributed by atoms with Crippen LogP contribution < -0.4 is 0 Å². The fourth-order valence-electron chi connectivity index (χ4n) is 3.02. The topological polar surface area (TPSA) is 84.9 Å². The first-order valence-electron chi connectivity index (χ1n) is 9.71. The van der Waals surface area contributed by atoms with E-state index in [1.807, 2.05) is 66.9 Å². The van der Waals surface area contributed by atoms with Crippen molar-refractivity contribution in [3.63, 3.8) is 0 Å². The Morgan fingerprint density at radius 2 is 1.90 bits per heavy atom. The Bertz CT molecular complexity index is 1220. The second-order valence-corrected chi connectivity index (χ2v) is 7.61. The van der Waals surface area contributed by atoms with Crippen LogP contribution in [0.4, 0.5) is 5.00 Å². The third-order valence-corrected chi connectivity index (χ3v) is 5.46. The second kappa shape index (κ2) is 8.97. The van der Waals surface area contributed by atoms with Crippen molar-refractivity contribution in [2.45, 2.75) is 13.8 Å². The minimum atomic E-state index is -0.444. The minimum absolute atomic E-state index is 0.180. The van der Waals surface area contributed by atoms with E-state index in [0.29, 0.717) is 10.6 Å². The van der Waals surface area contributed by atoms with Gasteiger partial charge in [0.15, 0.2) is 5.69 Å². The van der Waals surface area contributed by atoms with Crippen LogP contribution in [0.15, 0.2) is 69.4 Å². The van der Waals surface area contributed by atoms with Gasteiger partial charge in [0.05, 0.1) is 12.8 Å². The first-order chi connectivity index (χ1) is 15.1. The molecule has 0 atom stereocenters. The first kappa shape index (κ1) is 20.6. The lowest BCUT2D eigenvalue weighted by Crippen LogP contribution is -2.05. The maximum absolute atomic E-state index is 12.7. The Kier molecular flexibility index (Phi) is 5.95. The number of rotatable bonds is 6. The number of aromatic nitrogens is 1. The van der Waals surface area contributed by atoms with E-state index in [2.05, 4.69) is 9.98 Å². The maximum Gasteiger partial charge on any atom is 0.341 e. The van der Waals surface area contributed by atoms with Gasteiger partial charge in [-0.25, -0.2) is 14.8 Å². The molecule has 0 spiro atoms. The predicted octanol–water partition coefficient (Wildman–Crippen LogP) is 6.01. The van der Waals surface area contributed by atoms with E-state index in [4.69, 9.17) is 9.15 Å². The van der Waals surface area contributed by atoms with Crippen LogP contribution in [0.3, 0.4) is 0 Å². The summed E-state index contributed by atoms with van der Waals surface area (Å²) in [6.07, 6.45) is 1.39. The highest BCUT2D eigenvalue weighted by Crippen LogP contribution is 2.38. The average molecular weight is 433 g/mol. The molecule has 4 aromatic rings. The molecule has 0 unspecified atom stereocenters. The number of carbonyl (C=O) groups is 1. The summed E-state index contributed by atoms with van der Waals surface area (Å²) in [7, 11) is 0. The van der Waals surface area contributed by atoms with Gasteiger partial charge in [-0.05, 0) is 31.5 Å². The van der Waals surface area contributed by atoms with Crippen LogP contribution in [0, 0.1) is 6.92 Å². The van der Waals surface area contributed by atoms with E-state index in [9.17, 15) is 9.90 Å². The van der Waals surface area contributed by atoms with Gasteiger partial charge in [0.2, 0.25) is 5.89 Å². The molecule has 2 heterocycles. The van der Waals surface area contributed by atoms with Crippen molar-refractivity contribution < 1.29 is 19.1 Å². The molecule has 0 aliphatic rings. The minimum Gasteiger partial charge on any atom is -0.479 e. The lowest BCUT2D eigenvalue weighted by Gasteiger charge is -2.06. The molecule has 0 bridgehead atoms. The Morgan fingerprint density at radius 3 is 2.61 bits per heavy atom. The summed E-state index contributed by atoms with van der Waals surface area (Å²) in [5, 5.41) is 12.5. The summed E-state index contributed by atoms with van der Waals surface area (Å²) in [5.74, 6) is -0.492. The van der Waals surface area contributed by atoms with Gasteiger partial charge in [0, 0.05) is 16.5 Å². The quantitative estimate of drug-likeness (QED) is 0.298. The molecule has 7 heteroatoms. The molecule has 0 saturated carbocycles. The fourth-order valence-corrected chi connectivity index (χ4v) is 3.93. The zero-order chi connectivity index (χ0) is 21.8. The van der Waals surface area contributed by atoms with Gasteiger partial charge in [-0.15, -0.1) is 11.3 Å². The van der Waals surface area contributed by atoms with Gasteiger partial charge >= 0.3 is 11.9 Å². The summed E-state index contributed by atoms with van der Waals surface area (Å²) in [4.78, 5) is 21.4. The molecule has 1 N–H and O–H groups in total. The standard InChI is InChI=1S/C24H20N2O4S/c1-3-29-24(28)20-18(16-11-9-15(2)10-12-16)14-31-22(20)25-13-19-23(27)30-21(26-19)17-7-5-4-6-8-17/h4-14,27H,3H2,1-2H3/b25-13+. The lowest BCUT2D eigenvalue weighted by molar-refractivity contribution is 0.0529. The number of esters is 1. The number of aromatic hydroxyl groups is 1. The Morgan fingerprint density at radius 1 is 1.16 bits per heavy atom. The molecule has 0 aliphatic heterocycles. The van der Waals surface area contributed by atoms with Crippen molar-refractivity contribution in [3.05, 3.63) is 76.8 Å². The third kappa shape index (κ3) is 4.41. The van der Waals surface area contributed by atoms with Crippen LogP contribution in [0.1, 0.15) is 28.5 Å². The number of carbonyl (C=O) groups excluding carboxylic acids is 1. The van der Waals surface area contributed by atoms with Crippen molar-refractivity contribution in [2.24, 2.45) is 4.99 Å². The molecule has 0 aliphatic carbocycles. The molecule has 31 heavy (non-hydrogen) atoms. The molecule has 0 radical (unpaired) electrons. The summed E-state index contributed by atoms with van der Waals surface area (Å²) in [6, 6.07) is 17.2. The molecule has 0 fully saturated rings. The van der Waals surface area contributed by atoms with Gasteiger partial charge in [0.25, 0.3) is 0 Å². The summed E-state index contributed by atoms with van der Waals surface area (Å²) in [6.45, 7) is 4.03. The molecule has 2 aromatic carbocycles. The highest BCUT2D eigenvalue weighted by Gasteiger charge is 2.21. The molecule has 2 aromatic heterocycles. The average Bonchev–Trinajstić information content (AvgIpc) is 3.37. The third-order valence-electron chi connectivity index (χ3n) is 4.57.